The molecule has 0 unspecified atom stereocenters. The first kappa shape index (κ1) is 15.9. The van der Waals surface area contributed by atoms with Gasteiger partial charge in [0.05, 0.1) is 16.2 Å². The maximum atomic E-state index is 12.8. The number of hydrogen-bond donors (Lipinski definition) is 0. The van der Waals surface area contributed by atoms with Crippen LogP contribution < -0.4 is 4.90 Å². The standard InChI is InChI=1S/C15H16N4O2S2/c1-12-11-22-15(17-12)18-6-8-19(9-7-18)23(20,21)14-5-3-2-4-13(14)10-16/h2-5,11H,6-9H2,1H3. The average Bonchev–Trinajstić information content (AvgIpc) is 3.01. The Labute approximate surface area is 139 Å². The molecule has 0 spiro atoms. The van der Waals surface area contributed by atoms with Crippen molar-refractivity contribution in [1.82, 2.24) is 9.29 Å². The molecule has 2 heterocycles. The minimum atomic E-state index is -3.64. The highest BCUT2D eigenvalue weighted by Crippen LogP contribution is 2.25. The molecule has 0 radical (unpaired) electrons. The van der Waals surface area contributed by atoms with Crippen molar-refractivity contribution >= 4 is 26.5 Å². The Bertz CT molecular complexity index is 846. The predicted octanol–water partition coefficient (Wildman–Crippen LogP) is 1.83. The van der Waals surface area contributed by atoms with Gasteiger partial charge in [0.15, 0.2) is 5.13 Å². The van der Waals surface area contributed by atoms with Gasteiger partial charge in [-0.05, 0) is 19.1 Å². The first-order valence-corrected chi connectivity index (χ1v) is 9.50. The lowest BCUT2D eigenvalue weighted by Gasteiger charge is -2.33. The number of aryl methyl sites for hydroxylation is 1. The second-order valence-corrected chi connectivity index (χ2v) is 8.01. The van der Waals surface area contributed by atoms with Crippen molar-refractivity contribution in [1.29, 1.82) is 5.26 Å². The van der Waals surface area contributed by atoms with E-state index in [0.29, 0.717) is 26.2 Å². The van der Waals surface area contributed by atoms with E-state index in [1.807, 2.05) is 18.4 Å². The molecule has 1 fully saturated rings. The average molecular weight is 348 g/mol. The van der Waals surface area contributed by atoms with Gasteiger partial charge in [-0.2, -0.15) is 9.57 Å². The van der Waals surface area contributed by atoms with Gasteiger partial charge in [-0.25, -0.2) is 13.4 Å². The summed E-state index contributed by atoms with van der Waals surface area (Å²) in [5.41, 5.74) is 1.16. The molecule has 1 aliphatic rings. The Kier molecular flexibility index (Phi) is 4.35. The summed E-state index contributed by atoms with van der Waals surface area (Å²) in [4.78, 5) is 6.62. The molecule has 120 valence electrons. The molecule has 8 heteroatoms. The number of rotatable bonds is 3. The topological polar surface area (TPSA) is 77.3 Å². The number of aromatic nitrogens is 1. The van der Waals surface area contributed by atoms with Crippen LogP contribution in [0.3, 0.4) is 0 Å². The third-order valence-corrected chi connectivity index (χ3v) is 6.72. The molecule has 0 saturated carbocycles. The quantitative estimate of drug-likeness (QED) is 0.846. The van der Waals surface area contributed by atoms with Crippen molar-refractivity contribution in [3.63, 3.8) is 0 Å². The van der Waals surface area contributed by atoms with Crippen LogP contribution in [-0.4, -0.2) is 43.9 Å². The Morgan fingerprint density at radius 3 is 2.52 bits per heavy atom. The molecule has 0 aliphatic carbocycles. The second-order valence-electron chi connectivity index (χ2n) is 5.27. The zero-order chi connectivity index (χ0) is 16.4. The van der Waals surface area contributed by atoms with Gasteiger partial charge in [0, 0.05) is 31.6 Å². The fourth-order valence-corrected chi connectivity index (χ4v) is 4.95. The van der Waals surface area contributed by atoms with Crippen LogP contribution in [-0.2, 0) is 10.0 Å². The summed E-state index contributed by atoms with van der Waals surface area (Å²) in [6, 6.07) is 8.28. The summed E-state index contributed by atoms with van der Waals surface area (Å²) < 4.78 is 27.0. The molecule has 3 rings (SSSR count). The van der Waals surface area contributed by atoms with Gasteiger partial charge >= 0.3 is 0 Å². The van der Waals surface area contributed by atoms with Gasteiger partial charge in [0.1, 0.15) is 6.07 Å². The highest BCUT2D eigenvalue weighted by Gasteiger charge is 2.30. The van der Waals surface area contributed by atoms with Gasteiger partial charge in [-0.3, -0.25) is 0 Å². The summed E-state index contributed by atoms with van der Waals surface area (Å²) >= 11 is 1.57. The monoisotopic (exact) mass is 348 g/mol. The number of anilines is 1. The van der Waals surface area contributed by atoms with Gasteiger partial charge in [-0.15, -0.1) is 11.3 Å². The molecular weight excluding hydrogens is 332 g/mol. The summed E-state index contributed by atoms with van der Waals surface area (Å²) in [6.07, 6.45) is 0. The van der Waals surface area contributed by atoms with Crippen molar-refractivity contribution < 1.29 is 8.42 Å². The molecule has 0 amide bonds. The van der Waals surface area contributed by atoms with E-state index in [1.165, 1.54) is 16.4 Å². The van der Waals surface area contributed by atoms with Crippen molar-refractivity contribution in [3.05, 3.63) is 40.9 Å². The number of thiazole rings is 1. The third kappa shape index (κ3) is 3.08. The summed E-state index contributed by atoms with van der Waals surface area (Å²) in [7, 11) is -3.64. The molecule has 23 heavy (non-hydrogen) atoms. The molecule has 1 aromatic heterocycles. The number of hydrogen-bond acceptors (Lipinski definition) is 6. The largest absolute Gasteiger partial charge is 0.345 e. The van der Waals surface area contributed by atoms with Crippen LogP contribution in [0.5, 0.6) is 0 Å². The van der Waals surface area contributed by atoms with Crippen molar-refractivity contribution in [2.45, 2.75) is 11.8 Å². The van der Waals surface area contributed by atoms with Crippen LogP contribution in [0.1, 0.15) is 11.3 Å². The van der Waals surface area contributed by atoms with E-state index >= 15 is 0 Å². The Hall–Kier alpha value is -1.95. The highest BCUT2D eigenvalue weighted by atomic mass is 32.2. The zero-order valence-electron chi connectivity index (χ0n) is 12.6. The van der Waals surface area contributed by atoms with E-state index < -0.39 is 10.0 Å². The molecule has 0 atom stereocenters. The van der Waals surface area contributed by atoms with Gasteiger partial charge in [0.2, 0.25) is 10.0 Å². The van der Waals surface area contributed by atoms with Crippen LogP contribution in [0.15, 0.2) is 34.5 Å². The first-order valence-electron chi connectivity index (χ1n) is 7.19. The second kappa shape index (κ2) is 6.28. The number of piperazine rings is 1. The lowest BCUT2D eigenvalue weighted by atomic mass is 10.2. The smallest absolute Gasteiger partial charge is 0.244 e. The summed E-state index contributed by atoms with van der Waals surface area (Å²) in [6.45, 7) is 3.92. The van der Waals surface area contributed by atoms with E-state index in [1.54, 1.807) is 23.5 Å². The van der Waals surface area contributed by atoms with Crippen LogP contribution in [0.25, 0.3) is 0 Å². The maximum absolute atomic E-state index is 12.8. The fourth-order valence-electron chi connectivity index (χ4n) is 2.53. The van der Waals surface area contributed by atoms with E-state index in [9.17, 15) is 8.42 Å². The highest BCUT2D eigenvalue weighted by molar-refractivity contribution is 7.89. The van der Waals surface area contributed by atoms with E-state index in [4.69, 9.17) is 5.26 Å². The first-order chi connectivity index (χ1) is 11.0. The van der Waals surface area contributed by atoms with E-state index in [2.05, 4.69) is 9.88 Å². The molecule has 1 saturated heterocycles. The normalized spacial score (nSPS) is 16.3. The van der Waals surface area contributed by atoms with Crippen LogP contribution in [0, 0.1) is 18.3 Å². The lowest BCUT2D eigenvalue weighted by molar-refractivity contribution is 0.384. The maximum Gasteiger partial charge on any atom is 0.244 e. The Balaban J connectivity index is 1.78. The minimum Gasteiger partial charge on any atom is -0.345 e. The Morgan fingerprint density at radius 2 is 1.91 bits per heavy atom. The zero-order valence-corrected chi connectivity index (χ0v) is 14.3. The SMILES string of the molecule is Cc1csc(N2CCN(S(=O)(=O)c3ccccc3C#N)CC2)n1. The molecule has 1 aliphatic heterocycles. The van der Waals surface area contributed by atoms with Crippen molar-refractivity contribution in [2.75, 3.05) is 31.1 Å². The van der Waals surface area contributed by atoms with Crippen molar-refractivity contribution in [2.24, 2.45) is 0 Å². The molecular formula is C15H16N4O2S2. The number of nitriles is 1. The van der Waals surface area contributed by atoms with Gasteiger partial charge in [-0.1, -0.05) is 12.1 Å². The van der Waals surface area contributed by atoms with Crippen LogP contribution >= 0.6 is 11.3 Å². The molecule has 1 aromatic carbocycles. The molecule has 0 bridgehead atoms. The lowest BCUT2D eigenvalue weighted by Crippen LogP contribution is -2.48. The summed E-state index contributed by atoms with van der Waals surface area (Å²) in [5, 5.41) is 12.0. The fraction of sp³-hybridized carbons (Fsp3) is 0.333. The van der Waals surface area contributed by atoms with Gasteiger partial charge < -0.3 is 4.90 Å². The number of benzene rings is 1. The van der Waals surface area contributed by atoms with Gasteiger partial charge in [0.25, 0.3) is 0 Å². The molecule has 2 aromatic rings. The number of sulfonamides is 1. The van der Waals surface area contributed by atoms with Crippen LogP contribution in [0.4, 0.5) is 5.13 Å². The van der Waals surface area contributed by atoms with Crippen molar-refractivity contribution in [3.8, 4) is 6.07 Å². The number of nitrogens with zero attached hydrogens (tertiary/aromatic N) is 4. The molecule has 6 nitrogen and oxygen atoms in total. The predicted molar refractivity (Wildman–Crippen MR) is 89.0 cm³/mol. The van der Waals surface area contributed by atoms with E-state index in [-0.39, 0.29) is 10.5 Å². The van der Waals surface area contributed by atoms with Crippen LogP contribution in [0.2, 0.25) is 0 Å². The third-order valence-electron chi connectivity index (χ3n) is 3.74. The summed E-state index contributed by atoms with van der Waals surface area (Å²) in [5.74, 6) is 0. The van der Waals surface area contributed by atoms with E-state index in [0.717, 1.165) is 10.8 Å². The minimum absolute atomic E-state index is 0.0843. The Morgan fingerprint density at radius 1 is 1.22 bits per heavy atom. The molecule has 0 N–H and O–H groups in total.